The highest BCUT2D eigenvalue weighted by Crippen LogP contribution is 2.26. The van der Waals surface area contributed by atoms with Gasteiger partial charge in [-0.2, -0.15) is 0 Å². The average Bonchev–Trinajstić information content (AvgIpc) is 2.33. The molecule has 0 saturated carbocycles. The lowest BCUT2D eigenvalue weighted by Gasteiger charge is -2.09. The number of nitrogens with two attached hydrogens (primary N) is 1. The lowest BCUT2D eigenvalue weighted by Crippen LogP contribution is -2.13. The summed E-state index contributed by atoms with van der Waals surface area (Å²) in [6, 6.07) is 10.5. The highest BCUT2D eigenvalue weighted by atomic mass is 35.5. The molecular weight excluding hydrogens is 307 g/mol. The number of nitrogens with one attached hydrogen (secondary N) is 1. The molecule has 0 amide bonds. The quantitative estimate of drug-likeness (QED) is 0.853. The van der Waals surface area contributed by atoms with Gasteiger partial charge in [-0.25, -0.2) is 8.42 Å². The Kier molecular flexibility index (Phi) is 3.89. The van der Waals surface area contributed by atoms with Gasteiger partial charge < -0.3 is 5.73 Å². The molecular formula is C12H10Cl2N2O2S. The molecule has 100 valence electrons. The first-order valence-electron chi connectivity index (χ1n) is 5.22. The van der Waals surface area contributed by atoms with Crippen molar-refractivity contribution in [1.82, 2.24) is 0 Å². The van der Waals surface area contributed by atoms with Crippen molar-refractivity contribution < 1.29 is 8.42 Å². The highest BCUT2D eigenvalue weighted by molar-refractivity contribution is 7.92. The van der Waals surface area contributed by atoms with Crippen LogP contribution < -0.4 is 10.5 Å². The molecule has 0 saturated heterocycles. The van der Waals surface area contributed by atoms with E-state index in [0.717, 1.165) is 0 Å². The van der Waals surface area contributed by atoms with Crippen molar-refractivity contribution in [3.63, 3.8) is 0 Å². The van der Waals surface area contributed by atoms with E-state index < -0.39 is 10.0 Å². The molecule has 0 aliphatic heterocycles. The molecule has 0 aliphatic carbocycles. The molecule has 0 radical (unpaired) electrons. The van der Waals surface area contributed by atoms with Gasteiger partial charge in [-0.05, 0) is 36.4 Å². The molecule has 0 bridgehead atoms. The molecule has 3 N–H and O–H groups in total. The Hall–Kier alpha value is -1.43. The van der Waals surface area contributed by atoms with E-state index in [9.17, 15) is 8.42 Å². The largest absolute Gasteiger partial charge is 0.399 e. The maximum atomic E-state index is 12.1. The fraction of sp³-hybridized carbons (Fsp3) is 0. The van der Waals surface area contributed by atoms with Crippen LogP contribution in [0.25, 0.3) is 0 Å². The van der Waals surface area contributed by atoms with E-state index in [2.05, 4.69) is 4.72 Å². The summed E-state index contributed by atoms with van der Waals surface area (Å²) in [7, 11) is -3.70. The van der Waals surface area contributed by atoms with Gasteiger partial charge in [0.25, 0.3) is 10.0 Å². The van der Waals surface area contributed by atoms with E-state index in [0.29, 0.717) is 16.4 Å². The Bertz CT molecular complexity index is 717. The molecule has 0 unspecified atom stereocenters. The third-order valence-corrected chi connectivity index (χ3v) is 4.46. The smallest absolute Gasteiger partial charge is 0.261 e. The lowest BCUT2D eigenvalue weighted by molar-refractivity contribution is 0.601. The summed E-state index contributed by atoms with van der Waals surface area (Å²) in [5.41, 5.74) is 6.26. The fourth-order valence-electron chi connectivity index (χ4n) is 1.46. The maximum absolute atomic E-state index is 12.1. The van der Waals surface area contributed by atoms with Gasteiger partial charge >= 0.3 is 0 Å². The first kappa shape index (κ1) is 14.0. The average molecular weight is 317 g/mol. The maximum Gasteiger partial charge on any atom is 0.261 e. The van der Waals surface area contributed by atoms with Gasteiger partial charge in [-0.1, -0.05) is 29.3 Å². The van der Waals surface area contributed by atoms with Crippen molar-refractivity contribution in [2.75, 3.05) is 10.5 Å². The minimum Gasteiger partial charge on any atom is -0.399 e. The number of benzene rings is 2. The van der Waals surface area contributed by atoms with E-state index in [1.165, 1.54) is 30.3 Å². The number of nitrogen functional groups attached to an aromatic ring is 1. The number of sulfonamides is 1. The van der Waals surface area contributed by atoms with Crippen LogP contribution >= 0.6 is 23.2 Å². The Morgan fingerprint density at radius 1 is 1.00 bits per heavy atom. The van der Waals surface area contributed by atoms with Gasteiger partial charge in [-0.15, -0.1) is 0 Å². The van der Waals surface area contributed by atoms with Crippen LogP contribution in [0, 0.1) is 0 Å². The fourth-order valence-corrected chi connectivity index (χ4v) is 2.86. The molecule has 19 heavy (non-hydrogen) atoms. The third-order valence-electron chi connectivity index (χ3n) is 2.34. The normalized spacial score (nSPS) is 11.3. The monoisotopic (exact) mass is 316 g/mol. The van der Waals surface area contributed by atoms with Gasteiger partial charge in [0.2, 0.25) is 0 Å². The van der Waals surface area contributed by atoms with E-state index in [-0.39, 0.29) is 9.92 Å². The number of hydrogen-bond acceptors (Lipinski definition) is 3. The Labute approximate surface area is 121 Å². The molecule has 2 aromatic carbocycles. The van der Waals surface area contributed by atoms with Crippen molar-refractivity contribution in [2.45, 2.75) is 4.90 Å². The van der Waals surface area contributed by atoms with Crippen LogP contribution in [0.3, 0.4) is 0 Å². The topological polar surface area (TPSA) is 72.2 Å². The number of anilines is 2. The zero-order valence-electron chi connectivity index (χ0n) is 9.60. The molecule has 0 heterocycles. The molecule has 0 spiro atoms. The summed E-state index contributed by atoms with van der Waals surface area (Å²) in [5, 5.41) is 0.628. The number of halogens is 2. The van der Waals surface area contributed by atoms with Gasteiger partial charge in [-0.3, -0.25) is 4.72 Å². The summed E-state index contributed by atoms with van der Waals surface area (Å²) in [6.45, 7) is 0. The van der Waals surface area contributed by atoms with Gasteiger partial charge in [0, 0.05) is 5.69 Å². The zero-order valence-corrected chi connectivity index (χ0v) is 11.9. The Morgan fingerprint density at radius 2 is 1.74 bits per heavy atom. The third kappa shape index (κ3) is 3.32. The molecule has 0 aliphatic rings. The summed E-state index contributed by atoms with van der Waals surface area (Å²) >= 11 is 11.6. The summed E-state index contributed by atoms with van der Waals surface area (Å²) in [6.07, 6.45) is 0. The lowest BCUT2D eigenvalue weighted by atomic mass is 10.3. The minimum absolute atomic E-state index is 0.0820. The van der Waals surface area contributed by atoms with Crippen LogP contribution in [0.2, 0.25) is 10.0 Å². The van der Waals surface area contributed by atoms with Crippen molar-refractivity contribution in [3.05, 3.63) is 52.5 Å². The summed E-state index contributed by atoms with van der Waals surface area (Å²) < 4.78 is 26.6. The highest BCUT2D eigenvalue weighted by Gasteiger charge is 2.14. The van der Waals surface area contributed by atoms with Crippen molar-refractivity contribution >= 4 is 44.6 Å². The predicted molar refractivity (Wildman–Crippen MR) is 78.1 cm³/mol. The van der Waals surface area contributed by atoms with Crippen LogP contribution in [0.1, 0.15) is 0 Å². The van der Waals surface area contributed by atoms with E-state index in [1.807, 2.05) is 0 Å². The number of rotatable bonds is 3. The first-order valence-corrected chi connectivity index (χ1v) is 7.46. The summed E-state index contributed by atoms with van der Waals surface area (Å²) in [5.74, 6) is 0. The molecule has 2 rings (SSSR count). The Balaban J connectivity index is 2.33. The molecule has 7 heteroatoms. The van der Waals surface area contributed by atoms with Crippen LogP contribution in [-0.4, -0.2) is 8.42 Å². The summed E-state index contributed by atoms with van der Waals surface area (Å²) in [4.78, 5) is 0.0820. The predicted octanol–water partition coefficient (Wildman–Crippen LogP) is 3.38. The molecule has 0 fully saturated rings. The second-order valence-corrected chi connectivity index (χ2v) is 6.30. The van der Waals surface area contributed by atoms with Gasteiger partial charge in [0.1, 0.15) is 0 Å². The SMILES string of the molecule is Nc1cccc(S(=O)(=O)Nc2ccc(Cl)c(Cl)c2)c1. The minimum atomic E-state index is -3.70. The molecule has 0 aromatic heterocycles. The molecule has 4 nitrogen and oxygen atoms in total. The van der Waals surface area contributed by atoms with Crippen LogP contribution in [0.4, 0.5) is 11.4 Å². The van der Waals surface area contributed by atoms with E-state index in [4.69, 9.17) is 28.9 Å². The van der Waals surface area contributed by atoms with Crippen molar-refractivity contribution in [3.8, 4) is 0 Å². The first-order chi connectivity index (χ1) is 8.88. The van der Waals surface area contributed by atoms with Crippen molar-refractivity contribution in [2.24, 2.45) is 0 Å². The standard InChI is InChI=1S/C12H10Cl2N2O2S/c13-11-5-4-9(7-12(11)14)16-19(17,18)10-3-1-2-8(15)6-10/h1-7,16H,15H2. The molecule has 2 aromatic rings. The second-order valence-electron chi connectivity index (χ2n) is 3.81. The number of hydrogen-bond donors (Lipinski definition) is 2. The van der Waals surface area contributed by atoms with Gasteiger partial charge in [0.05, 0.1) is 20.6 Å². The molecule has 0 atom stereocenters. The van der Waals surface area contributed by atoms with Gasteiger partial charge in [0.15, 0.2) is 0 Å². The van der Waals surface area contributed by atoms with Crippen molar-refractivity contribution in [1.29, 1.82) is 0 Å². The zero-order chi connectivity index (χ0) is 14.0. The van der Waals surface area contributed by atoms with Crippen LogP contribution in [-0.2, 0) is 10.0 Å². The second kappa shape index (κ2) is 5.28. The van der Waals surface area contributed by atoms with E-state index in [1.54, 1.807) is 12.1 Å². The van der Waals surface area contributed by atoms with Crippen LogP contribution in [0.5, 0.6) is 0 Å². The Morgan fingerprint density at radius 3 is 2.37 bits per heavy atom. The van der Waals surface area contributed by atoms with E-state index >= 15 is 0 Å². The van der Waals surface area contributed by atoms with Crippen LogP contribution in [0.15, 0.2) is 47.4 Å².